The Kier molecular flexibility index (Phi) is 5.20. The number of aromatic amines is 1. The zero-order chi connectivity index (χ0) is 12.8. The van der Waals surface area contributed by atoms with Gasteiger partial charge in [-0.25, -0.2) is 0 Å². The van der Waals surface area contributed by atoms with Crippen molar-refractivity contribution in [1.82, 2.24) is 20.8 Å². The third-order valence-corrected chi connectivity index (χ3v) is 3.64. The number of rotatable bonds is 7. The van der Waals surface area contributed by atoms with Gasteiger partial charge in [0.1, 0.15) is 0 Å². The smallest absolute Gasteiger partial charge is 0.0794 e. The summed E-state index contributed by atoms with van der Waals surface area (Å²) < 4.78 is 0. The highest BCUT2D eigenvalue weighted by Gasteiger charge is 2.16. The van der Waals surface area contributed by atoms with Crippen LogP contribution < -0.4 is 10.6 Å². The largest absolute Gasteiger partial charge is 0.315 e. The van der Waals surface area contributed by atoms with Gasteiger partial charge in [0.05, 0.1) is 5.69 Å². The molecular weight excluding hydrogens is 224 g/mol. The minimum absolute atomic E-state index is 0.493. The van der Waals surface area contributed by atoms with Crippen LogP contribution in [0.4, 0.5) is 0 Å². The molecule has 1 unspecified atom stereocenters. The first-order chi connectivity index (χ1) is 8.81. The molecule has 0 amide bonds. The Labute approximate surface area is 110 Å². The topological polar surface area (TPSA) is 52.7 Å². The highest BCUT2D eigenvalue weighted by atomic mass is 15.1. The van der Waals surface area contributed by atoms with Crippen LogP contribution in [0.2, 0.25) is 0 Å². The molecule has 0 aliphatic heterocycles. The van der Waals surface area contributed by atoms with Gasteiger partial charge in [-0.3, -0.25) is 5.10 Å². The zero-order valence-electron chi connectivity index (χ0n) is 11.7. The number of aromatic nitrogens is 2. The summed E-state index contributed by atoms with van der Waals surface area (Å²) in [6.45, 7) is 7.44. The first kappa shape index (κ1) is 13.6. The molecule has 4 heteroatoms. The molecule has 4 nitrogen and oxygen atoms in total. The lowest BCUT2D eigenvalue weighted by Crippen LogP contribution is -2.36. The third-order valence-electron chi connectivity index (χ3n) is 3.64. The first-order valence-electron chi connectivity index (χ1n) is 7.30. The van der Waals surface area contributed by atoms with Crippen LogP contribution in [0.25, 0.3) is 0 Å². The minimum Gasteiger partial charge on any atom is -0.315 e. The molecule has 0 saturated carbocycles. The molecule has 1 aromatic heterocycles. The van der Waals surface area contributed by atoms with Crippen LogP contribution in [0.5, 0.6) is 0 Å². The molecule has 3 N–H and O–H groups in total. The van der Waals surface area contributed by atoms with Crippen molar-refractivity contribution in [3.05, 3.63) is 17.0 Å². The quantitative estimate of drug-likeness (QED) is 0.646. The van der Waals surface area contributed by atoms with Crippen LogP contribution in [-0.2, 0) is 19.4 Å². The van der Waals surface area contributed by atoms with E-state index in [1.807, 2.05) is 0 Å². The molecule has 2 rings (SSSR count). The zero-order valence-corrected chi connectivity index (χ0v) is 11.7. The van der Waals surface area contributed by atoms with E-state index < -0.39 is 0 Å². The molecule has 1 aromatic rings. The summed E-state index contributed by atoms with van der Waals surface area (Å²) in [5.74, 6) is 0. The monoisotopic (exact) mass is 250 g/mol. The maximum absolute atomic E-state index is 4.46. The number of nitrogens with zero attached hydrogens (tertiary/aromatic N) is 1. The molecular formula is C14H26N4. The number of aryl methyl sites for hydroxylation is 1. The fourth-order valence-corrected chi connectivity index (χ4v) is 2.53. The van der Waals surface area contributed by atoms with Gasteiger partial charge in [0, 0.05) is 24.8 Å². The average Bonchev–Trinajstić information content (AvgIpc) is 2.80. The van der Waals surface area contributed by atoms with Gasteiger partial charge in [-0.1, -0.05) is 6.92 Å². The van der Waals surface area contributed by atoms with E-state index in [-0.39, 0.29) is 0 Å². The molecule has 1 aliphatic carbocycles. The van der Waals surface area contributed by atoms with Crippen LogP contribution in [0.15, 0.2) is 0 Å². The van der Waals surface area contributed by atoms with Crippen LogP contribution in [0.3, 0.4) is 0 Å². The summed E-state index contributed by atoms with van der Waals surface area (Å²) in [6, 6.07) is 0.493. The van der Waals surface area contributed by atoms with Crippen LogP contribution in [0, 0.1) is 0 Å². The second-order valence-electron chi connectivity index (χ2n) is 5.32. The third kappa shape index (κ3) is 3.56. The predicted molar refractivity (Wildman–Crippen MR) is 74.7 cm³/mol. The fraction of sp³-hybridized carbons (Fsp3) is 0.786. The van der Waals surface area contributed by atoms with E-state index >= 15 is 0 Å². The van der Waals surface area contributed by atoms with Gasteiger partial charge in [0.15, 0.2) is 0 Å². The molecule has 102 valence electrons. The summed E-state index contributed by atoms with van der Waals surface area (Å²) in [6.07, 6.45) is 6.19. The maximum Gasteiger partial charge on any atom is 0.0794 e. The molecule has 0 bridgehead atoms. The van der Waals surface area contributed by atoms with Crippen molar-refractivity contribution in [3.63, 3.8) is 0 Å². The first-order valence-corrected chi connectivity index (χ1v) is 7.30. The lowest BCUT2D eigenvalue weighted by molar-refractivity contribution is 0.496. The summed E-state index contributed by atoms with van der Waals surface area (Å²) >= 11 is 0. The number of hydrogen-bond acceptors (Lipinski definition) is 3. The van der Waals surface area contributed by atoms with E-state index in [0.29, 0.717) is 6.04 Å². The van der Waals surface area contributed by atoms with Crippen molar-refractivity contribution >= 4 is 0 Å². The van der Waals surface area contributed by atoms with Gasteiger partial charge in [0.25, 0.3) is 0 Å². The Hall–Kier alpha value is -0.870. The lowest BCUT2D eigenvalue weighted by atomic mass is 9.96. The molecule has 0 radical (unpaired) electrons. The van der Waals surface area contributed by atoms with E-state index in [4.69, 9.17) is 0 Å². The Morgan fingerprint density at radius 2 is 2.17 bits per heavy atom. The number of fused-ring (bicyclic) bond motifs is 1. The molecule has 1 atom stereocenters. The van der Waals surface area contributed by atoms with Gasteiger partial charge in [0.2, 0.25) is 0 Å². The lowest BCUT2D eigenvalue weighted by Gasteiger charge is -2.15. The van der Waals surface area contributed by atoms with E-state index in [9.17, 15) is 0 Å². The van der Waals surface area contributed by atoms with Gasteiger partial charge in [-0.05, 0) is 51.1 Å². The molecule has 18 heavy (non-hydrogen) atoms. The Balaban J connectivity index is 1.77. The second kappa shape index (κ2) is 6.90. The van der Waals surface area contributed by atoms with E-state index in [1.165, 1.54) is 49.1 Å². The van der Waals surface area contributed by atoms with E-state index in [0.717, 1.165) is 19.6 Å². The summed E-state index contributed by atoms with van der Waals surface area (Å²) in [5, 5.41) is 14.6. The molecule has 0 saturated heterocycles. The van der Waals surface area contributed by atoms with Crippen molar-refractivity contribution in [2.45, 2.75) is 58.5 Å². The fourth-order valence-electron chi connectivity index (χ4n) is 2.53. The number of H-pyrrole nitrogens is 1. The second-order valence-corrected chi connectivity index (χ2v) is 5.32. The average molecular weight is 250 g/mol. The number of nitrogens with one attached hydrogen (secondary N) is 3. The Morgan fingerprint density at radius 1 is 1.33 bits per heavy atom. The summed E-state index contributed by atoms with van der Waals surface area (Å²) in [4.78, 5) is 0. The number of hydrogen-bond donors (Lipinski definition) is 3. The maximum atomic E-state index is 4.46. The molecule has 0 spiro atoms. The van der Waals surface area contributed by atoms with Crippen molar-refractivity contribution in [2.75, 3.05) is 13.1 Å². The molecule has 1 heterocycles. The normalized spacial score (nSPS) is 16.6. The van der Waals surface area contributed by atoms with E-state index in [2.05, 4.69) is 34.7 Å². The summed E-state index contributed by atoms with van der Waals surface area (Å²) in [7, 11) is 0. The van der Waals surface area contributed by atoms with E-state index in [1.54, 1.807) is 0 Å². The van der Waals surface area contributed by atoms with Crippen LogP contribution >= 0.6 is 0 Å². The molecule has 0 fully saturated rings. The van der Waals surface area contributed by atoms with Crippen molar-refractivity contribution in [1.29, 1.82) is 0 Å². The minimum atomic E-state index is 0.493. The highest BCUT2D eigenvalue weighted by Crippen LogP contribution is 2.21. The Morgan fingerprint density at radius 3 is 3.00 bits per heavy atom. The van der Waals surface area contributed by atoms with Crippen LogP contribution in [0.1, 0.15) is 50.1 Å². The summed E-state index contributed by atoms with van der Waals surface area (Å²) in [5.41, 5.74) is 4.07. The standard InChI is InChI=1S/C14H26N4/c1-3-8-15-9-11(2)16-10-14-12-6-4-5-7-13(12)17-18-14/h11,15-16H,3-10H2,1-2H3,(H,17,18). The van der Waals surface area contributed by atoms with Crippen LogP contribution in [-0.4, -0.2) is 29.3 Å². The molecule has 0 aromatic carbocycles. The van der Waals surface area contributed by atoms with Gasteiger partial charge >= 0.3 is 0 Å². The predicted octanol–water partition coefficient (Wildman–Crippen LogP) is 1.77. The van der Waals surface area contributed by atoms with Crippen molar-refractivity contribution < 1.29 is 0 Å². The highest BCUT2D eigenvalue weighted by molar-refractivity contribution is 5.27. The van der Waals surface area contributed by atoms with Gasteiger partial charge < -0.3 is 10.6 Å². The SMILES string of the molecule is CCCNCC(C)NCc1n[nH]c2c1CCCC2. The molecule has 1 aliphatic rings. The Bertz CT molecular complexity index is 359. The van der Waals surface area contributed by atoms with Crippen molar-refractivity contribution in [2.24, 2.45) is 0 Å². The van der Waals surface area contributed by atoms with Gasteiger partial charge in [-0.15, -0.1) is 0 Å². The van der Waals surface area contributed by atoms with Crippen molar-refractivity contribution in [3.8, 4) is 0 Å². The van der Waals surface area contributed by atoms with Gasteiger partial charge in [-0.2, -0.15) is 5.10 Å².